The third-order valence-corrected chi connectivity index (χ3v) is 3.74. The smallest absolute Gasteiger partial charge is 0.321 e. The number of amides is 4. The van der Waals surface area contributed by atoms with Crippen LogP contribution in [0.3, 0.4) is 0 Å². The molecule has 4 N–H and O–H groups in total. The van der Waals surface area contributed by atoms with Gasteiger partial charge in [0.15, 0.2) is 0 Å². The first-order chi connectivity index (χ1) is 13.1. The van der Waals surface area contributed by atoms with Crippen LogP contribution >= 0.6 is 0 Å². The highest BCUT2D eigenvalue weighted by molar-refractivity contribution is 6.01. The van der Waals surface area contributed by atoms with Gasteiger partial charge in [-0.3, -0.25) is 14.9 Å². The van der Waals surface area contributed by atoms with Crippen LogP contribution in [0.5, 0.6) is 0 Å². The SMILES string of the molecule is CCNC(=O)NC(=O)CNc1ccccc1C(=O)NCCc1ccccc1. The van der Waals surface area contributed by atoms with Gasteiger partial charge in [0.2, 0.25) is 5.91 Å². The lowest BCUT2D eigenvalue weighted by Gasteiger charge is -2.12. The maximum atomic E-state index is 12.4. The number of carbonyl (C=O) groups is 3. The Labute approximate surface area is 158 Å². The predicted octanol–water partition coefficient (Wildman–Crippen LogP) is 1.92. The topological polar surface area (TPSA) is 99.3 Å². The minimum atomic E-state index is -0.545. The van der Waals surface area contributed by atoms with Gasteiger partial charge < -0.3 is 16.0 Å². The second-order valence-corrected chi connectivity index (χ2v) is 5.80. The van der Waals surface area contributed by atoms with Crippen molar-refractivity contribution in [1.82, 2.24) is 16.0 Å². The largest absolute Gasteiger partial charge is 0.375 e. The summed E-state index contributed by atoms with van der Waals surface area (Å²) < 4.78 is 0. The van der Waals surface area contributed by atoms with Crippen molar-refractivity contribution in [3.63, 3.8) is 0 Å². The summed E-state index contributed by atoms with van der Waals surface area (Å²) in [6, 6.07) is 16.3. The standard InChI is InChI=1S/C20H24N4O3/c1-2-21-20(27)24-18(25)14-23-17-11-7-6-10-16(17)19(26)22-13-12-15-8-4-3-5-9-15/h3-11,23H,2,12-14H2,1H3,(H,22,26)(H2,21,24,25,27). The second-order valence-electron chi connectivity index (χ2n) is 5.80. The van der Waals surface area contributed by atoms with Crippen molar-refractivity contribution in [2.45, 2.75) is 13.3 Å². The third-order valence-electron chi connectivity index (χ3n) is 3.74. The quantitative estimate of drug-likeness (QED) is 0.572. The maximum Gasteiger partial charge on any atom is 0.321 e. The fourth-order valence-corrected chi connectivity index (χ4v) is 2.45. The van der Waals surface area contributed by atoms with E-state index in [0.717, 1.165) is 12.0 Å². The first-order valence-electron chi connectivity index (χ1n) is 8.83. The van der Waals surface area contributed by atoms with Gasteiger partial charge in [-0.1, -0.05) is 42.5 Å². The second kappa shape index (κ2) is 10.6. The number of para-hydroxylation sites is 1. The molecule has 7 nitrogen and oxygen atoms in total. The number of hydrogen-bond donors (Lipinski definition) is 4. The monoisotopic (exact) mass is 368 g/mol. The predicted molar refractivity (Wildman–Crippen MR) is 105 cm³/mol. The Bertz CT molecular complexity index is 778. The summed E-state index contributed by atoms with van der Waals surface area (Å²) in [5.41, 5.74) is 2.11. The molecular weight excluding hydrogens is 344 g/mol. The van der Waals surface area contributed by atoms with Crippen molar-refractivity contribution >= 4 is 23.5 Å². The number of nitrogens with one attached hydrogen (secondary N) is 4. The van der Waals surface area contributed by atoms with Crippen molar-refractivity contribution in [3.8, 4) is 0 Å². The van der Waals surface area contributed by atoms with Crippen molar-refractivity contribution in [2.24, 2.45) is 0 Å². The molecule has 0 fully saturated rings. The van der Waals surface area contributed by atoms with Crippen molar-refractivity contribution < 1.29 is 14.4 Å². The van der Waals surface area contributed by atoms with Gasteiger partial charge in [-0.15, -0.1) is 0 Å². The van der Waals surface area contributed by atoms with Gasteiger partial charge in [0.05, 0.1) is 12.1 Å². The lowest BCUT2D eigenvalue weighted by atomic mass is 10.1. The minimum absolute atomic E-state index is 0.120. The van der Waals surface area contributed by atoms with Crippen LogP contribution in [0, 0.1) is 0 Å². The van der Waals surface area contributed by atoms with Crippen LogP contribution in [0.25, 0.3) is 0 Å². The van der Waals surface area contributed by atoms with Crippen LogP contribution in [-0.4, -0.2) is 37.5 Å². The van der Waals surface area contributed by atoms with Crippen LogP contribution in [0.2, 0.25) is 0 Å². The van der Waals surface area contributed by atoms with E-state index in [0.29, 0.717) is 24.3 Å². The molecule has 0 bridgehead atoms. The molecule has 0 atom stereocenters. The molecule has 2 aromatic rings. The Morgan fingerprint density at radius 2 is 1.59 bits per heavy atom. The van der Waals surface area contributed by atoms with Crippen LogP contribution in [0.15, 0.2) is 54.6 Å². The fourth-order valence-electron chi connectivity index (χ4n) is 2.45. The van der Waals surface area contributed by atoms with E-state index in [1.165, 1.54) is 0 Å². The van der Waals surface area contributed by atoms with Gasteiger partial charge in [0.1, 0.15) is 0 Å². The summed E-state index contributed by atoms with van der Waals surface area (Å²) in [6.07, 6.45) is 0.733. The van der Waals surface area contributed by atoms with Crippen molar-refractivity contribution in [3.05, 3.63) is 65.7 Å². The number of benzene rings is 2. The molecule has 0 aliphatic heterocycles. The zero-order valence-electron chi connectivity index (χ0n) is 15.2. The molecule has 0 unspecified atom stereocenters. The van der Waals surface area contributed by atoms with Gasteiger partial charge in [0.25, 0.3) is 5.91 Å². The Balaban J connectivity index is 1.87. The van der Waals surface area contributed by atoms with Crippen LogP contribution in [0.1, 0.15) is 22.8 Å². The highest BCUT2D eigenvalue weighted by atomic mass is 16.2. The van der Waals surface area contributed by atoms with E-state index in [4.69, 9.17) is 0 Å². The average Bonchev–Trinajstić information content (AvgIpc) is 2.67. The van der Waals surface area contributed by atoms with E-state index >= 15 is 0 Å². The lowest BCUT2D eigenvalue weighted by Crippen LogP contribution is -2.42. The molecule has 2 rings (SSSR count). The molecule has 4 amide bonds. The van der Waals surface area contributed by atoms with E-state index in [-0.39, 0.29) is 12.5 Å². The molecule has 0 saturated carbocycles. The number of urea groups is 1. The van der Waals surface area contributed by atoms with Crippen LogP contribution in [0.4, 0.5) is 10.5 Å². The normalized spacial score (nSPS) is 9.96. The first kappa shape index (κ1) is 20.0. The van der Waals surface area contributed by atoms with E-state index in [1.54, 1.807) is 31.2 Å². The third kappa shape index (κ3) is 6.81. The Kier molecular flexibility index (Phi) is 7.84. The Hall–Kier alpha value is -3.35. The zero-order valence-corrected chi connectivity index (χ0v) is 15.2. The number of imide groups is 1. The highest BCUT2D eigenvalue weighted by Crippen LogP contribution is 2.14. The zero-order chi connectivity index (χ0) is 19.5. The molecule has 0 heterocycles. The molecule has 0 aromatic heterocycles. The lowest BCUT2D eigenvalue weighted by molar-refractivity contribution is -0.118. The van der Waals surface area contributed by atoms with E-state index in [2.05, 4.69) is 21.3 Å². The summed E-state index contributed by atoms with van der Waals surface area (Å²) >= 11 is 0. The highest BCUT2D eigenvalue weighted by Gasteiger charge is 2.12. The summed E-state index contributed by atoms with van der Waals surface area (Å²) in [5, 5.41) is 10.5. The average molecular weight is 368 g/mol. The van der Waals surface area contributed by atoms with E-state index in [1.807, 2.05) is 30.3 Å². The summed E-state index contributed by atoms with van der Waals surface area (Å²) in [5.74, 6) is -0.710. The molecule has 0 radical (unpaired) electrons. The minimum Gasteiger partial charge on any atom is -0.375 e. The molecule has 142 valence electrons. The summed E-state index contributed by atoms with van der Waals surface area (Å²) in [6.45, 7) is 2.58. The maximum absolute atomic E-state index is 12.4. The Morgan fingerprint density at radius 3 is 2.33 bits per heavy atom. The number of anilines is 1. The molecule has 0 aliphatic rings. The molecule has 0 saturated heterocycles. The fraction of sp³-hybridized carbons (Fsp3) is 0.250. The molecular formula is C20H24N4O3. The van der Waals surface area contributed by atoms with Crippen molar-refractivity contribution in [1.29, 1.82) is 0 Å². The molecule has 0 spiro atoms. The first-order valence-corrected chi connectivity index (χ1v) is 8.83. The molecule has 27 heavy (non-hydrogen) atoms. The van der Waals surface area contributed by atoms with Crippen LogP contribution < -0.4 is 21.3 Å². The van der Waals surface area contributed by atoms with Gasteiger partial charge >= 0.3 is 6.03 Å². The van der Waals surface area contributed by atoms with E-state index in [9.17, 15) is 14.4 Å². The van der Waals surface area contributed by atoms with E-state index < -0.39 is 11.9 Å². The number of hydrogen-bond acceptors (Lipinski definition) is 4. The number of carbonyl (C=O) groups excluding carboxylic acids is 3. The van der Waals surface area contributed by atoms with Gasteiger partial charge in [0, 0.05) is 18.8 Å². The number of rotatable bonds is 8. The molecule has 0 aliphatic carbocycles. The molecule has 7 heteroatoms. The van der Waals surface area contributed by atoms with Gasteiger partial charge in [-0.2, -0.15) is 0 Å². The summed E-state index contributed by atoms with van der Waals surface area (Å²) in [7, 11) is 0. The van der Waals surface area contributed by atoms with Crippen molar-refractivity contribution in [2.75, 3.05) is 25.0 Å². The van der Waals surface area contributed by atoms with Gasteiger partial charge in [-0.05, 0) is 31.0 Å². The molecule has 2 aromatic carbocycles. The summed E-state index contributed by atoms with van der Waals surface area (Å²) in [4.78, 5) is 35.6. The van der Waals surface area contributed by atoms with Gasteiger partial charge in [-0.25, -0.2) is 4.79 Å². The Morgan fingerprint density at radius 1 is 0.889 bits per heavy atom. The van der Waals surface area contributed by atoms with Crippen LogP contribution in [-0.2, 0) is 11.2 Å².